The van der Waals surface area contributed by atoms with Gasteiger partial charge in [-0.05, 0) is 55.7 Å². The Hall–Kier alpha value is -2.62. The molecule has 1 aliphatic carbocycles. The molecule has 0 heterocycles. The predicted molar refractivity (Wildman–Crippen MR) is 91.5 cm³/mol. The number of nitrogens with one attached hydrogen (secondary N) is 2. The molecule has 0 saturated heterocycles. The van der Waals surface area contributed by atoms with Crippen molar-refractivity contribution in [2.24, 2.45) is 5.92 Å². The van der Waals surface area contributed by atoms with Gasteiger partial charge >= 0.3 is 0 Å². The number of carbonyl (C=O) groups excluding carboxylic acids is 2. The molecule has 3 rings (SSSR count). The van der Waals surface area contributed by atoms with Crippen LogP contribution in [0.15, 0.2) is 48.5 Å². The molecule has 4 heteroatoms. The molecule has 0 unspecified atom stereocenters. The summed E-state index contributed by atoms with van der Waals surface area (Å²) in [7, 11) is 0. The first-order chi connectivity index (χ1) is 11.1. The van der Waals surface area contributed by atoms with E-state index in [1.54, 1.807) is 18.2 Å². The first-order valence-corrected chi connectivity index (χ1v) is 7.91. The van der Waals surface area contributed by atoms with Crippen LogP contribution in [0.1, 0.15) is 35.2 Å². The van der Waals surface area contributed by atoms with E-state index < -0.39 is 0 Å². The second kappa shape index (κ2) is 6.65. The van der Waals surface area contributed by atoms with Crippen molar-refractivity contribution in [3.05, 3.63) is 59.7 Å². The molecule has 0 aliphatic heterocycles. The van der Waals surface area contributed by atoms with Crippen molar-refractivity contribution in [1.29, 1.82) is 0 Å². The van der Waals surface area contributed by atoms with Crippen molar-refractivity contribution in [3.8, 4) is 0 Å². The van der Waals surface area contributed by atoms with Crippen LogP contribution in [0, 0.1) is 12.8 Å². The van der Waals surface area contributed by atoms with Gasteiger partial charge in [0.2, 0.25) is 5.91 Å². The number of hydrogen-bond donors (Lipinski definition) is 2. The summed E-state index contributed by atoms with van der Waals surface area (Å²) in [5.41, 5.74) is 3.07. The molecular formula is C19H20N2O2. The van der Waals surface area contributed by atoms with Crippen LogP contribution in [0.25, 0.3) is 0 Å². The van der Waals surface area contributed by atoms with Gasteiger partial charge in [-0.25, -0.2) is 0 Å². The first-order valence-electron chi connectivity index (χ1n) is 7.91. The number of hydrogen-bond acceptors (Lipinski definition) is 2. The van der Waals surface area contributed by atoms with E-state index in [-0.39, 0.29) is 17.7 Å². The van der Waals surface area contributed by atoms with Gasteiger partial charge in [-0.3, -0.25) is 9.59 Å². The average Bonchev–Trinajstić information content (AvgIpc) is 2.48. The SMILES string of the molecule is Cc1ccccc1C(=O)Nc1ccc(NC(=O)C2CCC2)cc1. The molecule has 1 aliphatic rings. The molecule has 4 nitrogen and oxygen atoms in total. The molecule has 1 fully saturated rings. The van der Waals surface area contributed by atoms with Crippen molar-refractivity contribution in [2.75, 3.05) is 10.6 Å². The predicted octanol–water partition coefficient (Wildman–Crippen LogP) is 3.99. The van der Waals surface area contributed by atoms with Gasteiger partial charge < -0.3 is 10.6 Å². The molecule has 23 heavy (non-hydrogen) atoms. The zero-order valence-corrected chi connectivity index (χ0v) is 13.1. The minimum Gasteiger partial charge on any atom is -0.326 e. The van der Waals surface area contributed by atoms with E-state index in [1.807, 2.05) is 37.3 Å². The number of aryl methyl sites for hydroxylation is 1. The van der Waals surface area contributed by atoms with Gasteiger partial charge in [0, 0.05) is 22.9 Å². The van der Waals surface area contributed by atoms with Crippen molar-refractivity contribution in [2.45, 2.75) is 26.2 Å². The lowest BCUT2D eigenvalue weighted by molar-refractivity contribution is -0.122. The molecule has 118 valence electrons. The van der Waals surface area contributed by atoms with E-state index in [0.717, 1.165) is 30.5 Å². The lowest BCUT2D eigenvalue weighted by Gasteiger charge is -2.24. The number of anilines is 2. The highest BCUT2D eigenvalue weighted by Gasteiger charge is 2.25. The monoisotopic (exact) mass is 308 g/mol. The highest BCUT2D eigenvalue weighted by molar-refractivity contribution is 6.05. The third-order valence-corrected chi connectivity index (χ3v) is 4.28. The van der Waals surface area contributed by atoms with Gasteiger partial charge in [-0.1, -0.05) is 24.6 Å². The second-order valence-electron chi connectivity index (χ2n) is 5.96. The van der Waals surface area contributed by atoms with E-state index in [4.69, 9.17) is 0 Å². The normalized spacial score (nSPS) is 14.0. The summed E-state index contributed by atoms with van der Waals surface area (Å²) in [6, 6.07) is 14.7. The molecule has 2 aromatic carbocycles. The maximum absolute atomic E-state index is 12.3. The molecule has 0 aromatic heterocycles. The standard InChI is InChI=1S/C19H20N2O2/c1-13-5-2-3-8-17(13)19(23)21-16-11-9-15(10-12-16)20-18(22)14-6-4-7-14/h2-3,5,8-12,14H,4,6-7H2,1H3,(H,20,22)(H,21,23). The lowest BCUT2D eigenvalue weighted by atomic mass is 9.85. The molecule has 2 N–H and O–H groups in total. The van der Waals surface area contributed by atoms with Gasteiger partial charge in [0.25, 0.3) is 5.91 Å². The van der Waals surface area contributed by atoms with Crippen molar-refractivity contribution >= 4 is 23.2 Å². The second-order valence-corrected chi connectivity index (χ2v) is 5.96. The lowest BCUT2D eigenvalue weighted by Crippen LogP contribution is -2.27. The Kier molecular flexibility index (Phi) is 4.42. The fraction of sp³-hybridized carbons (Fsp3) is 0.263. The summed E-state index contributed by atoms with van der Waals surface area (Å²) in [5, 5.41) is 5.79. The quantitative estimate of drug-likeness (QED) is 0.897. The summed E-state index contributed by atoms with van der Waals surface area (Å²) >= 11 is 0. The summed E-state index contributed by atoms with van der Waals surface area (Å²) in [6.07, 6.45) is 3.11. The van der Waals surface area contributed by atoms with E-state index >= 15 is 0 Å². The number of amides is 2. The Bertz CT molecular complexity index is 718. The van der Waals surface area contributed by atoms with E-state index in [2.05, 4.69) is 10.6 Å². The summed E-state index contributed by atoms with van der Waals surface area (Å²) in [5.74, 6) is 0.123. The summed E-state index contributed by atoms with van der Waals surface area (Å²) < 4.78 is 0. The van der Waals surface area contributed by atoms with Crippen LogP contribution in [-0.2, 0) is 4.79 Å². The van der Waals surface area contributed by atoms with Gasteiger partial charge in [0.1, 0.15) is 0 Å². The number of rotatable bonds is 4. The largest absolute Gasteiger partial charge is 0.326 e. The first kappa shape index (κ1) is 15.3. The third-order valence-electron chi connectivity index (χ3n) is 4.28. The minimum absolute atomic E-state index is 0.0907. The van der Waals surface area contributed by atoms with Crippen LogP contribution in [0.4, 0.5) is 11.4 Å². The Morgan fingerprint density at radius 2 is 1.52 bits per heavy atom. The Morgan fingerprint density at radius 1 is 0.913 bits per heavy atom. The molecule has 0 spiro atoms. The smallest absolute Gasteiger partial charge is 0.255 e. The average molecular weight is 308 g/mol. The summed E-state index contributed by atoms with van der Waals surface area (Å²) in [4.78, 5) is 24.2. The highest BCUT2D eigenvalue weighted by Crippen LogP contribution is 2.27. The zero-order chi connectivity index (χ0) is 16.2. The minimum atomic E-state index is -0.130. The zero-order valence-electron chi connectivity index (χ0n) is 13.1. The van der Waals surface area contributed by atoms with Crippen molar-refractivity contribution < 1.29 is 9.59 Å². The molecule has 2 amide bonds. The Morgan fingerprint density at radius 3 is 2.09 bits per heavy atom. The van der Waals surface area contributed by atoms with Crippen LogP contribution in [0.5, 0.6) is 0 Å². The number of benzene rings is 2. The third kappa shape index (κ3) is 3.59. The van der Waals surface area contributed by atoms with Crippen LogP contribution in [0.3, 0.4) is 0 Å². The number of carbonyl (C=O) groups is 2. The van der Waals surface area contributed by atoms with Crippen LogP contribution in [0.2, 0.25) is 0 Å². The van der Waals surface area contributed by atoms with Gasteiger partial charge in [0.05, 0.1) is 0 Å². The molecule has 0 bridgehead atoms. The van der Waals surface area contributed by atoms with E-state index in [0.29, 0.717) is 11.3 Å². The molecule has 2 aromatic rings. The fourth-order valence-corrected chi connectivity index (χ4v) is 2.58. The van der Waals surface area contributed by atoms with Gasteiger partial charge in [-0.2, -0.15) is 0 Å². The van der Waals surface area contributed by atoms with Gasteiger partial charge in [-0.15, -0.1) is 0 Å². The molecule has 1 saturated carbocycles. The van der Waals surface area contributed by atoms with E-state index in [1.165, 1.54) is 0 Å². The highest BCUT2D eigenvalue weighted by atomic mass is 16.2. The maximum Gasteiger partial charge on any atom is 0.255 e. The topological polar surface area (TPSA) is 58.2 Å². The van der Waals surface area contributed by atoms with Crippen molar-refractivity contribution in [1.82, 2.24) is 0 Å². The maximum atomic E-state index is 12.3. The Labute approximate surface area is 135 Å². The fourth-order valence-electron chi connectivity index (χ4n) is 2.58. The van der Waals surface area contributed by atoms with Crippen LogP contribution < -0.4 is 10.6 Å². The van der Waals surface area contributed by atoms with Gasteiger partial charge in [0.15, 0.2) is 0 Å². The van der Waals surface area contributed by atoms with Crippen LogP contribution in [-0.4, -0.2) is 11.8 Å². The molecule has 0 atom stereocenters. The molecular weight excluding hydrogens is 288 g/mol. The summed E-state index contributed by atoms with van der Waals surface area (Å²) in [6.45, 7) is 1.91. The van der Waals surface area contributed by atoms with E-state index in [9.17, 15) is 9.59 Å². The van der Waals surface area contributed by atoms with Crippen molar-refractivity contribution in [3.63, 3.8) is 0 Å². The molecule has 0 radical (unpaired) electrons. The van der Waals surface area contributed by atoms with Crippen LogP contribution >= 0.6 is 0 Å². The Balaban J connectivity index is 1.62.